The molecule has 8 heteroatoms. The minimum Gasteiger partial charge on any atom is -0.507 e. The van der Waals surface area contributed by atoms with Crippen LogP contribution in [0.2, 0.25) is 0 Å². The number of aliphatic hydroxyl groups is 2. The van der Waals surface area contributed by atoms with Gasteiger partial charge in [-0.3, -0.25) is 9.59 Å². The Labute approximate surface area is 173 Å². The summed E-state index contributed by atoms with van der Waals surface area (Å²) >= 11 is 0. The number of aliphatic hydroxyl groups excluding tert-OH is 2. The Balaban J connectivity index is 1.77. The van der Waals surface area contributed by atoms with Crippen molar-refractivity contribution < 1.29 is 39.1 Å². The Bertz CT molecular complexity index is 960. The predicted molar refractivity (Wildman–Crippen MR) is 105 cm³/mol. The third kappa shape index (κ3) is 3.35. The van der Waals surface area contributed by atoms with Gasteiger partial charge in [-0.1, -0.05) is 13.3 Å². The summed E-state index contributed by atoms with van der Waals surface area (Å²) in [5.41, 5.74) is 1.06. The SMILES string of the molecule is CCC[C@@H]1OC(C)=Cc2cc3c(c(O)c21)C(=O)C([C@@H]1OC[C@@H](O)[C@H](CO)O1)=CC3=O. The largest absolute Gasteiger partial charge is 0.507 e. The molecule has 160 valence electrons. The fraction of sp³-hybridized carbons (Fsp3) is 0.455. The molecule has 3 N–H and O–H groups in total. The number of hydrogen-bond donors (Lipinski definition) is 3. The third-order valence-corrected chi connectivity index (χ3v) is 5.55. The summed E-state index contributed by atoms with van der Waals surface area (Å²) in [5.74, 6) is -0.655. The molecule has 1 fully saturated rings. The van der Waals surface area contributed by atoms with E-state index in [1.165, 1.54) is 0 Å². The van der Waals surface area contributed by atoms with E-state index in [1.54, 1.807) is 19.1 Å². The number of carbonyl (C=O) groups excluding carboxylic acids is 2. The molecule has 0 aromatic heterocycles. The van der Waals surface area contributed by atoms with Crippen LogP contribution in [0.4, 0.5) is 0 Å². The summed E-state index contributed by atoms with van der Waals surface area (Å²) in [6.07, 6.45) is 0.675. The maximum atomic E-state index is 13.3. The van der Waals surface area contributed by atoms with Gasteiger partial charge in [-0.05, 0) is 37.1 Å². The van der Waals surface area contributed by atoms with Gasteiger partial charge >= 0.3 is 0 Å². The first kappa shape index (κ1) is 20.7. The van der Waals surface area contributed by atoms with Crippen molar-refractivity contribution >= 4 is 17.6 Å². The van der Waals surface area contributed by atoms with E-state index in [4.69, 9.17) is 14.2 Å². The van der Waals surface area contributed by atoms with Crippen LogP contribution >= 0.6 is 0 Å². The van der Waals surface area contributed by atoms with Crippen molar-refractivity contribution in [2.75, 3.05) is 13.2 Å². The topological polar surface area (TPSA) is 123 Å². The number of ketones is 2. The van der Waals surface area contributed by atoms with Crippen LogP contribution in [0.1, 0.15) is 64.6 Å². The molecule has 1 aromatic rings. The smallest absolute Gasteiger partial charge is 0.198 e. The highest BCUT2D eigenvalue weighted by Gasteiger charge is 2.40. The summed E-state index contributed by atoms with van der Waals surface area (Å²) in [6.45, 7) is 3.17. The van der Waals surface area contributed by atoms with Crippen molar-refractivity contribution in [1.29, 1.82) is 0 Å². The van der Waals surface area contributed by atoms with Gasteiger partial charge in [0.15, 0.2) is 17.9 Å². The van der Waals surface area contributed by atoms with Crippen LogP contribution in [0.3, 0.4) is 0 Å². The zero-order chi connectivity index (χ0) is 21.6. The van der Waals surface area contributed by atoms with Crippen molar-refractivity contribution in [3.05, 3.63) is 45.7 Å². The van der Waals surface area contributed by atoms with E-state index >= 15 is 0 Å². The Morgan fingerprint density at radius 2 is 2.00 bits per heavy atom. The van der Waals surface area contributed by atoms with Gasteiger partial charge in [0.1, 0.15) is 24.1 Å². The average Bonchev–Trinajstić information content (AvgIpc) is 2.70. The van der Waals surface area contributed by atoms with Crippen LogP contribution in [0.25, 0.3) is 6.08 Å². The molecule has 4 atom stereocenters. The predicted octanol–water partition coefficient (Wildman–Crippen LogP) is 2.02. The second-order valence-electron chi connectivity index (χ2n) is 7.68. The van der Waals surface area contributed by atoms with E-state index in [0.717, 1.165) is 12.5 Å². The Kier molecular flexibility index (Phi) is 5.50. The molecule has 0 radical (unpaired) electrons. The van der Waals surface area contributed by atoms with Crippen LogP contribution in [0.15, 0.2) is 23.5 Å². The molecule has 0 spiro atoms. The summed E-state index contributed by atoms with van der Waals surface area (Å²) in [5, 5.41) is 30.2. The minimum atomic E-state index is -1.23. The molecule has 1 aliphatic carbocycles. The molecule has 1 aromatic carbocycles. The number of allylic oxidation sites excluding steroid dienone is 2. The first-order chi connectivity index (χ1) is 14.3. The van der Waals surface area contributed by atoms with Gasteiger partial charge in [-0.15, -0.1) is 0 Å². The lowest BCUT2D eigenvalue weighted by atomic mass is 9.82. The third-order valence-electron chi connectivity index (χ3n) is 5.55. The highest BCUT2D eigenvalue weighted by molar-refractivity contribution is 6.26. The maximum Gasteiger partial charge on any atom is 0.198 e. The number of fused-ring (bicyclic) bond motifs is 2. The lowest BCUT2D eigenvalue weighted by molar-refractivity contribution is -0.241. The fourth-order valence-corrected chi connectivity index (χ4v) is 4.10. The lowest BCUT2D eigenvalue weighted by Gasteiger charge is -2.35. The number of Topliss-reactive ketones (excluding diaryl/α,β-unsaturated/α-hetero) is 1. The average molecular weight is 416 g/mol. The summed E-state index contributed by atoms with van der Waals surface area (Å²) in [6, 6.07) is 1.61. The van der Waals surface area contributed by atoms with E-state index in [2.05, 4.69) is 0 Å². The molecule has 2 aliphatic heterocycles. The highest BCUT2D eigenvalue weighted by Crippen LogP contribution is 2.44. The summed E-state index contributed by atoms with van der Waals surface area (Å²) in [7, 11) is 0. The quantitative estimate of drug-likeness (QED) is 0.681. The molecule has 0 unspecified atom stereocenters. The number of aromatic hydroxyl groups is 1. The first-order valence-electron chi connectivity index (χ1n) is 9.97. The van der Waals surface area contributed by atoms with Crippen molar-refractivity contribution in [3.63, 3.8) is 0 Å². The molecule has 0 bridgehead atoms. The Morgan fingerprint density at radius 1 is 1.23 bits per heavy atom. The minimum absolute atomic E-state index is 0.0800. The molecule has 0 saturated carbocycles. The standard InChI is InChI=1S/C22H24O8/c1-3-4-16-18-11(5-10(2)29-16)6-12-14(24)7-13(20(26)19(12)21(18)27)22-28-9-15(25)17(8-23)30-22/h5-7,15-17,22-23,25,27H,3-4,8-9H2,1-2H3/t15-,16+,17+,22-/m1/s1. The van der Waals surface area contributed by atoms with Crippen LogP contribution in [-0.4, -0.2) is 58.6 Å². The molecule has 8 nitrogen and oxygen atoms in total. The summed E-state index contributed by atoms with van der Waals surface area (Å²) in [4.78, 5) is 26.1. The molecular weight excluding hydrogens is 392 g/mol. The van der Waals surface area contributed by atoms with Crippen LogP contribution in [0, 0.1) is 0 Å². The van der Waals surface area contributed by atoms with Crippen molar-refractivity contribution in [1.82, 2.24) is 0 Å². The van der Waals surface area contributed by atoms with E-state index in [1.807, 2.05) is 6.92 Å². The molecule has 0 amide bonds. The first-order valence-corrected chi connectivity index (χ1v) is 9.97. The summed E-state index contributed by atoms with van der Waals surface area (Å²) < 4.78 is 16.7. The van der Waals surface area contributed by atoms with Gasteiger partial charge in [0.05, 0.1) is 30.1 Å². The monoisotopic (exact) mass is 416 g/mol. The normalized spacial score (nSPS) is 28.3. The number of hydrogen-bond acceptors (Lipinski definition) is 8. The van der Waals surface area contributed by atoms with Crippen LogP contribution in [0.5, 0.6) is 5.75 Å². The molecule has 3 aliphatic rings. The fourth-order valence-electron chi connectivity index (χ4n) is 4.10. The number of carbonyl (C=O) groups is 2. The second-order valence-corrected chi connectivity index (χ2v) is 7.68. The number of ether oxygens (including phenoxy) is 3. The van der Waals surface area contributed by atoms with Crippen LogP contribution in [-0.2, 0) is 14.2 Å². The number of benzene rings is 1. The van der Waals surface area contributed by atoms with E-state index in [9.17, 15) is 24.9 Å². The van der Waals surface area contributed by atoms with Gasteiger partial charge < -0.3 is 29.5 Å². The molecule has 30 heavy (non-hydrogen) atoms. The van der Waals surface area contributed by atoms with E-state index < -0.39 is 42.8 Å². The van der Waals surface area contributed by atoms with Gasteiger partial charge in [0.2, 0.25) is 0 Å². The Morgan fingerprint density at radius 3 is 2.70 bits per heavy atom. The van der Waals surface area contributed by atoms with Gasteiger partial charge in [-0.25, -0.2) is 0 Å². The van der Waals surface area contributed by atoms with Crippen molar-refractivity contribution in [2.24, 2.45) is 0 Å². The van der Waals surface area contributed by atoms with Gasteiger partial charge in [0.25, 0.3) is 0 Å². The zero-order valence-electron chi connectivity index (χ0n) is 16.8. The molecular formula is C22H24O8. The maximum absolute atomic E-state index is 13.3. The number of phenols is 1. The number of phenolic OH excluding ortho intramolecular Hbond substituents is 1. The van der Waals surface area contributed by atoms with Crippen molar-refractivity contribution in [2.45, 2.75) is 51.3 Å². The lowest BCUT2D eigenvalue weighted by Crippen LogP contribution is -2.47. The van der Waals surface area contributed by atoms with Gasteiger partial charge in [0, 0.05) is 11.1 Å². The second kappa shape index (κ2) is 7.96. The molecule has 4 rings (SSSR count). The van der Waals surface area contributed by atoms with Gasteiger partial charge in [-0.2, -0.15) is 0 Å². The molecule has 1 saturated heterocycles. The van der Waals surface area contributed by atoms with E-state index in [0.29, 0.717) is 23.3 Å². The highest BCUT2D eigenvalue weighted by atomic mass is 16.7. The van der Waals surface area contributed by atoms with Crippen LogP contribution < -0.4 is 0 Å². The zero-order valence-corrected chi connectivity index (χ0v) is 16.8. The van der Waals surface area contributed by atoms with E-state index in [-0.39, 0.29) is 29.1 Å². The number of rotatable bonds is 4. The molecule has 2 heterocycles. The van der Waals surface area contributed by atoms with Crippen molar-refractivity contribution in [3.8, 4) is 5.75 Å². The Hall–Kier alpha value is -2.52.